The smallest absolute Gasteiger partial charge is 0.0605 e. The van der Waals surface area contributed by atoms with Crippen LogP contribution < -0.4 is 5.73 Å². The summed E-state index contributed by atoms with van der Waals surface area (Å²) in [5.74, 6) is 6.40. The molecule has 84 valence electrons. The molecule has 16 heavy (non-hydrogen) atoms. The van der Waals surface area contributed by atoms with Crippen molar-refractivity contribution in [3.63, 3.8) is 0 Å². The number of hydrogen-bond acceptors (Lipinski definition) is 2. The summed E-state index contributed by atoms with van der Waals surface area (Å²) in [5, 5.41) is 0. The SMILES string of the molecule is NC1CCN(CC#Cc2ccccc2)CC1. The molecule has 1 saturated heterocycles. The second kappa shape index (κ2) is 5.69. The van der Waals surface area contributed by atoms with Crippen LogP contribution in [-0.4, -0.2) is 30.6 Å². The van der Waals surface area contributed by atoms with E-state index >= 15 is 0 Å². The van der Waals surface area contributed by atoms with E-state index in [9.17, 15) is 0 Å². The van der Waals surface area contributed by atoms with Gasteiger partial charge in [-0.3, -0.25) is 4.90 Å². The van der Waals surface area contributed by atoms with E-state index < -0.39 is 0 Å². The molecule has 2 nitrogen and oxygen atoms in total. The lowest BCUT2D eigenvalue weighted by atomic mass is 10.1. The molecule has 1 aliphatic heterocycles. The van der Waals surface area contributed by atoms with Crippen LogP contribution in [0.25, 0.3) is 0 Å². The molecular weight excluding hydrogens is 196 g/mol. The molecule has 0 aromatic heterocycles. The van der Waals surface area contributed by atoms with Crippen LogP contribution >= 0.6 is 0 Å². The summed E-state index contributed by atoms with van der Waals surface area (Å²) in [4.78, 5) is 2.37. The van der Waals surface area contributed by atoms with Crippen molar-refractivity contribution in [2.24, 2.45) is 5.73 Å². The second-order valence-corrected chi connectivity index (χ2v) is 4.28. The Morgan fingerprint density at radius 1 is 1.19 bits per heavy atom. The molecule has 1 heterocycles. The largest absolute Gasteiger partial charge is 0.328 e. The minimum atomic E-state index is 0.401. The van der Waals surface area contributed by atoms with Crippen LogP contribution in [0.1, 0.15) is 18.4 Å². The zero-order chi connectivity index (χ0) is 11.2. The Balaban J connectivity index is 1.82. The van der Waals surface area contributed by atoms with Crippen LogP contribution in [0.2, 0.25) is 0 Å². The first-order chi connectivity index (χ1) is 7.84. The van der Waals surface area contributed by atoms with E-state index in [1.165, 1.54) is 0 Å². The first-order valence-corrected chi connectivity index (χ1v) is 5.86. The predicted molar refractivity (Wildman–Crippen MR) is 67.0 cm³/mol. The summed E-state index contributed by atoms with van der Waals surface area (Å²) in [6.07, 6.45) is 2.21. The van der Waals surface area contributed by atoms with Gasteiger partial charge in [-0.25, -0.2) is 0 Å². The molecule has 1 aromatic rings. The van der Waals surface area contributed by atoms with Crippen molar-refractivity contribution >= 4 is 0 Å². The quantitative estimate of drug-likeness (QED) is 0.717. The van der Waals surface area contributed by atoms with Gasteiger partial charge in [0.2, 0.25) is 0 Å². The highest BCUT2D eigenvalue weighted by molar-refractivity contribution is 5.33. The summed E-state index contributed by atoms with van der Waals surface area (Å²) < 4.78 is 0. The van der Waals surface area contributed by atoms with Gasteiger partial charge in [-0.1, -0.05) is 30.0 Å². The molecule has 0 saturated carbocycles. The molecule has 1 fully saturated rings. The van der Waals surface area contributed by atoms with Crippen molar-refractivity contribution in [1.82, 2.24) is 4.90 Å². The molecule has 0 unspecified atom stereocenters. The van der Waals surface area contributed by atoms with Crippen LogP contribution in [-0.2, 0) is 0 Å². The number of nitrogens with zero attached hydrogens (tertiary/aromatic N) is 1. The average Bonchev–Trinajstić information content (AvgIpc) is 2.33. The maximum absolute atomic E-state index is 5.85. The van der Waals surface area contributed by atoms with Gasteiger partial charge in [0.05, 0.1) is 6.54 Å². The monoisotopic (exact) mass is 214 g/mol. The topological polar surface area (TPSA) is 29.3 Å². The molecule has 0 amide bonds. The summed E-state index contributed by atoms with van der Waals surface area (Å²) in [6, 6.07) is 10.5. The number of hydrogen-bond donors (Lipinski definition) is 1. The molecule has 2 heteroatoms. The van der Waals surface area contributed by atoms with E-state index in [0.717, 1.165) is 38.0 Å². The summed E-state index contributed by atoms with van der Waals surface area (Å²) in [7, 11) is 0. The molecule has 0 radical (unpaired) electrons. The fourth-order valence-corrected chi connectivity index (χ4v) is 1.89. The maximum Gasteiger partial charge on any atom is 0.0605 e. The van der Waals surface area contributed by atoms with Gasteiger partial charge in [-0.2, -0.15) is 0 Å². The third-order valence-corrected chi connectivity index (χ3v) is 2.94. The standard InChI is InChI=1S/C14H18N2/c15-14-8-11-16(12-9-14)10-4-7-13-5-2-1-3-6-13/h1-3,5-6,14H,8-12,15H2. The van der Waals surface area contributed by atoms with Gasteiger partial charge in [-0.05, 0) is 25.0 Å². The molecule has 1 aromatic carbocycles. The Bertz CT molecular complexity index is 367. The highest BCUT2D eigenvalue weighted by Gasteiger charge is 2.14. The summed E-state index contributed by atoms with van der Waals surface area (Å²) in [5.41, 5.74) is 6.95. The zero-order valence-electron chi connectivity index (χ0n) is 9.52. The van der Waals surface area contributed by atoms with Crippen molar-refractivity contribution in [1.29, 1.82) is 0 Å². The molecule has 0 spiro atoms. The van der Waals surface area contributed by atoms with Crippen molar-refractivity contribution < 1.29 is 0 Å². The van der Waals surface area contributed by atoms with E-state index in [-0.39, 0.29) is 0 Å². The minimum absolute atomic E-state index is 0.401. The van der Waals surface area contributed by atoms with Crippen molar-refractivity contribution in [2.75, 3.05) is 19.6 Å². The third kappa shape index (κ3) is 3.37. The van der Waals surface area contributed by atoms with Crippen LogP contribution in [0.15, 0.2) is 30.3 Å². The van der Waals surface area contributed by atoms with Gasteiger partial charge in [0.25, 0.3) is 0 Å². The number of piperidine rings is 1. The fraction of sp³-hybridized carbons (Fsp3) is 0.429. The number of nitrogens with two attached hydrogens (primary N) is 1. The molecular formula is C14H18N2. The number of rotatable bonds is 1. The van der Waals surface area contributed by atoms with Crippen LogP contribution in [0.3, 0.4) is 0 Å². The third-order valence-electron chi connectivity index (χ3n) is 2.94. The average molecular weight is 214 g/mol. The normalized spacial score (nSPS) is 17.8. The minimum Gasteiger partial charge on any atom is -0.328 e. The Morgan fingerprint density at radius 2 is 1.88 bits per heavy atom. The van der Waals surface area contributed by atoms with Crippen molar-refractivity contribution in [3.8, 4) is 11.8 Å². The first-order valence-electron chi connectivity index (χ1n) is 5.86. The van der Waals surface area contributed by atoms with Gasteiger partial charge < -0.3 is 5.73 Å². The Labute approximate surface area is 97.4 Å². The van der Waals surface area contributed by atoms with E-state index in [1.807, 2.05) is 30.3 Å². The maximum atomic E-state index is 5.85. The van der Waals surface area contributed by atoms with Crippen LogP contribution in [0, 0.1) is 11.8 Å². The highest BCUT2D eigenvalue weighted by Crippen LogP contribution is 2.06. The zero-order valence-corrected chi connectivity index (χ0v) is 9.52. The van der Waals surface area contributed by atoms with Crippen LogP contribution in [0.5, 0.6) is 0 Å². The van der Waals surface area contributed by atoms with Crippen LogP contribution in [0.4, 0.5) is 0 Å². The lowest BCUT2D eigenvalue weighted by molar-refractivity contribution is 0.236. The van der Waals surface area contributed by atoms with E-state index in [0.29, 0.717) is 6.04 Å². The van der Waals surface area contributed by atoms with Gasteiger partial charge in [0.15, 0.2) is 0 Å². The van der Waals surface area contributed by atoms with Gasteiger partial charge in [-0.15, -0.1) is 0 Å². The molecule has 0 atom stereocenters. The predicted octanol–water partition coefficient (Wildman–Crippen LogP) is 1.46. The van der Waals surface area contributed by atoms with Crippen molar-refractivity contribution in [3.05, 3.63) is 35.9 Å². The highest BCUT2D eigenvalue weighted by atomic mass is 15.1. The molecule has 0 bridgehead atoms. The Hall–Kier alpha value is -1.30. The fourth-order valence-electron chi connectivity index (χ4n) is 1.89. The van der Waals surface area contributed by atoms with Gasteiger partial charge in [0.1, 0.15) is 0 Å². The molecule has 2 N–H and O–H groups in total. The van der Waals surface area contributed by atoms with E-state index in [1.54, 1.807) is 0 Å². The molecule has 1 aliphatic rings. The molecule has 0 aliphatic carbocycles. The number of likely N-dealkylation sites (tertiary alicyclic amines) is 1. The molecule has 2 rings (SSSR count). The first kappa shape index (κ1) is 11.2. The van der Waals surface area contributed by atoms with Gasteiger partial charge >= 0.3 is 0 Å². The summed E-state index contributed by atoms with van der Waals surface area (Å²) >= 11 is 0. The lowest BCUT2D eigenvalue weighted by Crippen LogP contribution is -2.39. The lowest BCUT2D eigenvalue weighted by Gasteiger charge is -2.28. The van der Waals surface area contributed by atoms with E-state index in [2.05, 4.69) is 16.7 Å². The van der Waals surface area contributed by atoms with E-state index in [4.69, 9.17) is 5.73 Å². The van der Waals surface area contributed by atoms with Gasteiger partial charge in [0, 0.05) is 24.7 Å². The van der Waals surface area contributed by atoms with Crippen molar-refractivity contribution in [2.45, 2.75) is 18.9 Å². The second-order valence-electron chi connectivity index (χ2n) is 4.28. The Kier molecular flexibility index (Phi) is 3.98. The summed E-state index contributed by atoms with van der Waals surface area (Å²) in [6.45, 7) is 3.04. The Morgan fingerprint density at radius 3 is 2.56 bits per heavy atom. The number of benzene rings is 1.